The Morgan fingerprint density at radius 1 is 1.12 bits per heavy atom. The summed E-state index contributed by atoms with van der Waals surface area (Å²) in [4.78, 5) is 6.21. The molecule has 4 aromatic rings. The maximum atomic E-state index is 13.3. The van der Waals surface area contributed by atoms with Crippen LogP contribution in [0.15, 0.2) is 36.9 Å². The summed E-state index contributed by atoms with van der Waals surface area (Å²) >= 11 is 0. The van der Waals surface area contributed by atoms with Gasteiger partial charge in [0, 0.05) is 42.8 Å². The number of pyridine rings is 2. The molecule has 13 heteroatoms. The summed E-state index contributed by atoms with van der Waals surface area (Å²) in [5.41, 5.74) is 2.27. The molecule has 0 bridgehead atoms. The van der Waals surface area contributed by atoms with Crippen molar-refractivity contribution in [2.75, 3.05) is 26.3 Å². The molecule has 208 valence electrons. The first-order chi connectivity index (χ1) is 19.2. The van der Waals surface area contributed by atoms with Gasteiger partial charge in [-0.2, -0.15) is 23.5 Å². The molecule has 0 unspecified atom stereocenters. The number of hydrogen-bond donors (Lipinski definition) is 0. The first-order valence-corrected chi connectivity index (χ1v) is 13.1. The van der Waals surface area contributed by atoms with Crippen LogP contribution in [0.3, 0.4) is 0 Å². The monoisotopic (exact) mass is 552 g/mol. The van der Waals surface area contributed by atoms with Gasteiger partial charge in [0.05, 0.1) is 42.8 Å². The molecule has 0 saturated carbocycles. The molecule has 2 saturated heterocycles. The van der Waals surface area contributed by atoms with E-state index in [-0.39, 0.29) is 17.2 Å². The first-order valence-electron chi connectivity index (χ1n) is 13.1. The van der Waals surface area contributed by atoms with Crippen molar-refractivity contribution >= 4 is 5.52 Å². The number of nitriles is 1. The van der Waals surface area contributed by atoms with Crippen LogP contribution in [0.2, 0.25) is 0 Å². The van der Waals surface area contributed by atoms with Crippen LogP contribution in [0, 0.1) is 18.3 Å². The highest BCUT2D eigenvalue weighted by Gasteiger charge is 2.33. The highest BCUT2D eigenvalue weighted by atomic mass is 19.4. The van der Waals surface area contributed by atoms with Crippen molar-refractivity contribution in [3.8, 4) is 23.1 Å². The van der Waals surface area contributed by atoms with Gasteiger partial charge in [0.1, 0.15) is 34.7 Å². The van der Waals surface area contributed by atoms with E-state index in [0.29, 0.717) is 28.6 Å². The van der Waals surface area contributed by atoms with Crippen LogP contribution in [0.25, 0.3) is 16.8 Å². The van der Waals surface area contributed by atoms with E-state index in [9.17, 15) is 18.4 Å². The summed E-state index contributed by atoms with van der Waals surface area (Å²) in [6.45, 7) is 7.15. The maximum Gasteiger partial charge on any atom is 0.417 e. The molecule has 2 aliphatic rings. The van der Waals surface area contributed by atoms with Gasteiger partial charge in [-0.05, 0) is 38.8 Å². The van der Waals surface area contributed by atoms with Crippen LogP contribution < -0.4 is 4.74 Å². The molecule has 10 nitrogen and oxygen atoms in total. The molecule has 2 fully saturated rings. The summed E-state index contributed by atoms with van der Waals surface area (Å²) in [6, 6.07) is 5.58. The molecule has 0 spiro atoms. The zero-order chi connectivity index (χ0) is 28.0. The Labute approximate surface area is 227 Å². The van der Waals surface area contributed by atoms with Gasteiger partial charge in [0.2, 0.25) is 0 Å². The summed E-state index contributed by atoms with van der Waals surface area (Å²) in [5, 5.41) is 22.9. The number of halogens is 3. The van der Waals surface area contributed by atoms with Crippen molar-refractivity contribution < 1.29 is 22.6 Å². The smallest absolute Gasteiger partial charge is 0.417 e. The fourth-order valence-corrected chi connectivity index (χ4v) is 5.36. The molecule has 0 N–H and O–H groups in total. The number of hydrogen-bond acceptors (Lipinski definition) is 8. The van der Waals surface area contributed by atoms with E-state index in [1.165, 1.54) is 16.9 Å². The van der Waals surface area contributed by atoms with Crippen molar-refractivity contribution in [3.05, 3.63) is 59.3 Å². The third kappa shape index (κ3) is 4.77. The minimum atomic E-state index is -4.53. The number of ether oxygens (including phenoxy) is 2. The van der Waals surface area contributed by atoms with E-state index in [1.807, 2.05) is 11.6 Å². The normalized spacial score (nSPS) is 18.0. The Hall–Kier alpha value is -4.02. The van der Waals surface area contributed by atoms with E-state index in [2.05, 4.69) is 31.4 Å². The Bertz CT molecular complexity index is 1580. The van der Waals surface area contributed by atoms with Gasteiger partial charge in [-0.25, -0.2) is 9.20 Å². The van der Waals surface area contributed by atoms with Crippen LogP contribution in [-0.2, 0) is 10.9 Å². The Morgan fingerprint density at radius 3 is 2.58 bits per heavy atom. The third-order valence-electron chi connectivity index (χ3n) is 7.74. The molecule has 0 radical (unpaired) electrons. The molecule has 0 amide bonds. The minimum Gasteiger partial charge on any atom is -0.484 e. The number of fused-ring (bicyclic) bond motifs is 1. The lowest BCUT2D eigenvalue weighted by Crippen LogP contribution is -2.52. The van der Waals surface area contributed by atoms with E-state index in [4.69, 9.17) is 9.47 Å². The summed E-state index contributed by atoms with van der Waals surface area (Å²) in [7, 11) is 0. The first kappa shape index (κ1) is 26.2. The maximum absolute atomic E-state index is 13.3. The molecule has 6 rings (SSSR count). The molecule has 0 aromatic carbocycles. The quantitative estimate of drug-likeness (QED) is 0.347. The van der Waals surface area contributed by atoms with E-state index in [0.717, 1.165) is 57.1 Å². The van der Waals surface area contributed by atoms with Crippen molar-refractivity contribution in [1.82, 2.24) is 34.5 Å². The number of aromatic nitrogens is 6. The third-order valence-corrected chi connectivity index (χ3v) is 7.74. The molecular weight excluding hydrogens is 525 g/mol. The number of alkyl halides is 3. The summed E-state index contributed by atoms with van der Waals surface area (Å²) in [5.74, 6) is 0.293. The van der Waals surface area contributed by atoms with Gasteiger partial charge in [-0.3, -0.25) is 9.88 Å². The molecule has 2 aliphatic heterocycles. The van der Waals surface area contributed by atoms with Gasteiger partial charge in [0.25, 0.3) is 0 Å². The summed E-state index contributed by atoms with van der Waals surface area (Å²) < 4.78 is 54.8. The van der Waals surface area contributed by atoms with Crippen LogP contribution in [0.4, 0.5) is 13.2 Å². The largest absolute Gasteiger partial charge is 0.484 e. The molecular formula is C27H27F3N8O2. The predicted octanol–water partition coefficient (Wildman–Crippen LogP) is 4.36. The SMILES string of the molecule is Cc1c(-c2cc(O[C@@H](C)c3cncc(C(F)(F)F)c3)c3c(C#N)cnn3c2)nnn1C1CCN(C2COC2)CC1. The van der Waals surface area contributed by atoms with Crippen LogP contribution >= 0.6 is 0 Å². The topological polar surface area (TPSA) is 106 Å². The second-order valence-electron chi connectivity index (χ2n) is 10.2. The van der Waals surface area contributed by atoms with Gasteiger partial charge in [-0.1, -0.05) is 5.21 Å². The number of piperidine rings is 1. The van der Waals surface area contributed by atoms with Gasteiger partial charge in [-0.15, -0.1) is 5.10 Å². The standard InChI is InChI=1S/C27H27F3N8O2/c1-16-25(34-35-38(16)22-3-5-36(6-4-22)23-14-39-15-23)19-8-24(26-20(9-31)11-33-37(26)13-19)40-17(2)18-7-21(12-32-10-18)27(28,29)30/h7-8,10-13,17,22-23H,3-6,14-15H2,1-2H3/t17-/m0/s1. The fourth-order valence-electron chi connectivity index (χ4n) is 5.36. The highest BCUT2D eigenvalue weighted by molar-refractivity contribution is 5.74. The van der Waals surface area contributed by atoms with E-state index in [1.54, 1.807) is 19.2 Å². The van der Waals surface area contributed by atoms with Gasteiger partial charge in [0.15, 0.2) is 0 Å². The zero-order valence-electron chi connectivity index (χ0n) is 22.0. The second-order valence-corrected chi connectivity index (χ2v) is 10.2. The average Bonchev–Trinajstić information content (AvgIpc) is 3.51. The van der Waals surface area contributed by atoms with Crippen molar-refractivity contribution in [2.45, 2.75) is 51.1 Å². The summed E-state index contributed by atoms with van der Waals surface area (Å²) in [6.07, 6.45) is 1.88. The van der Waals surface area contributed by atoms with Crippen molar-refractivity contribution in [1.29, 1.82) is 5.26 Å². The lowest BCUT2D eigenvalue weighted by Gasteiger charge is -2.41. The lowest BCUT2D eigenvalue weighted by atomic mass is 10.0. The minimum absolute atomic E-state index is 0.223. The van der Waals surface area contributed by atoms with Gasteiger partial charge < -0.3 is 9.47 Å². The van der Waals surface area contributed by atoms with E-state index >= 15 is 0 Å². The zero-order valence-corrected chi connectivity index (χ0v) is 22.0. The van der Waals surface area contributed by atoms with Crippen molar-refractivity contribution in [3.63, 3.8) is 0 Å². The molecule has 40 heavy (non-hydrogen) atoms. The van der Waals surface area contributed by atoms with Crippen LogP contribution in [-0.4, -0.2) is 66.8 Å². The molecule has 1 atom stereocenters. The number of rotatable bonds is 6. The Balaban J connectivity index is 1.30. The fraction of sp³-hybridized carbons (Fsp3) is 0.444. The van der Waals surface area contributed by atoms with Gasteiger partial charge >= 0.3 is 6.18 Å². The average molecular weight is 553 g/mol. The number of nitrogens with zero attached hydrogens (tertiary/aromatic N) is 8. The number of likely N-dealkylation sites (tertiary alicyclic amines) is 1. The molecule has 4 aromatic heterocycles. The van der Waals surface area contributed by atoms with Crippen molar-refractivity contribution in [2.24, 2.45) is 0 Å². The highest BCUT2D eigenvalue weighted by Crippen LogP contribution is 2.36. The molecule has 0 aliphatic carbocycles. The molecule has 6 heterocycles. The second kappa shape index (κ2) is 10.2. The Kier molecular flexibility index (Phi) is 6.67. The van der Waals surface area contributed by atoms with Crippen LogP contribution in [0.5, 0.6) is 5.75 Å². The van der Waals surface area contributed by atoms with E-state index < -0.39 is 17.8 Å². The predicted molar refractivity (Wildman–Crippen MR) is 136 cm³/mol. The lowest BCUT2D eigenvalue weighted by molar-refractivity contribution is -0.137. The Morgan fingerprint density at radius 2 is 1.90 bits per heavy atom. The van der Waals surface area contributed by atoms with Crippen LogP contribution in [0.1, 0.15) is 54.3 Å².